The average molecular weight is 380 g/mol. The molecule has 2 atom stereocenters. The molecule has 8 nitrogen and oxygen atoms in total. The SMILES string of the molecule is CC1=CN2C(=NC3C2C(=O)NC(=O)N3C)N1CCN1CCc2ccccc2C1. The van der Waals surface area contributed by atoms with Crippen LogP contribution in [-0.4, -0.2) is 76.4 Å². The highest BCUT2D eigenvalue weighted by Crippen LogP contribution is 2.31. The smallest absolute Gasteiger partial charge is 0.313 e. The molecule has 1 saturated heterocycles. The Kier molecular flexibility index (Phi) is 3.90. The molecule has 4 aliphatic rings. The number of carbonyl (C=O) groups is 2. The molecule has 4 aliphatic heterocycles. The summed E-state index contributed by atoms with van der Waals surface area (Å²) in [4.78, 5) is 37.0. The van der Waals surface area contributed by atoms with E-state index in [0.717, 1.165) is 44.3 Å². The Bertz CT molecular complexity index is 910. The first-order chi connectivity index (χ1) is 13.5. The molecule has 0 spiro atoms. The highest BCUT2D eigenvalue weighted by Gasteiger charge is 2.51. The summed E-state index contributed by atoms with van der Waals surface area (Å²) >= 11 is 0. The lowest BCUT2D eigenvalue weighted by atomic mass is 10.00. The quantitative estimate of drug-likeness (QED) is 0.839. The number of imide groups is 1. The van der Waals surface area contributed by atoms with Crippen molar-refractivity contribution < 1.29 is 9.59 Å². The van der Waals surface area contributed by atoms with Crippen LogP contribution >= 0.6 is 0 Å². The van der Waals surface area contributed by atoms with E-state index in [1.54, 1.807) is 7.05 Å². The summed E-state index contributed by atoms with van der Waals surface area (Å²) in [6.45, 7) is 5.78. The first-order valence-electron chi connectivity index (χ1n) is 9.72. The Morgan fingerprint density at radius 2 is 1.96 bits per heavy atom. The molecule has 1 aromatic carbocycles. The van der Waals surface area contributed by atoms with Gasteiger partial charge in [0.25, 0.3) is 5.91 Å². The molecule has 0 aliphatic carbocycles. The first kappa shape index (κ1) is 17.2. The van der Waals surface area contributed by atoms with Crippen molar-refractivity contribution in [2.45, 2.75) is 32.1 Å². The van der Waals surface area contributed by atoms with Crippen LogP contribution in [-0.2, 0) is 17.8 Å². The molecule has 8 heteroatoms. The van der Waals surface area contributed by atoms with E-state index in [-0.39, 0.29) is 5.91 Å². The topological polar surface area (TPSA) is 71.5 Å². The van der Waals surface area contributed by atoms with E-state index in [1.807, 2.05) is 18.0 Å². The molecular formula is C20H24N6O2. The molecule has 0 bridgehead atoms. The number of nitrogens with zero attached hydrogens (tertiary/aromatic N) is 5. The lowest BCUT2D eigenvalue weighted by Gasteiger charge is -2.34. The Morgan fingerprint density at radius 1 is 1.18 bits per heavy atom. The van der Waals surface area contributed by atoms with E-state index in [1.165, 1.54) is 16.0 Å². The van der Waals surface area contributed by atoms with Gasteiger partial charge in [-0.3, -0.25) is 15.0 Å². The minimum Gasteiger partial charge on any atom is -0.313 e. The molecule has 1 fully saturated rings. The van der Waals surface area contributed by atoms with Crippen LogP contribution in [0.15, 0.2) is 41.2 Å². The van der Waals surface area contributed by atoms with Gasteiger partial charge in [-0.25, -0.2) is 9.79 Å². The van der Waals surface area contributed by atoms with Crippen molar-refractivity contribution in [1.82, 2.24) is 24.9 Å². The van der Waals surface area contributed by atoms with Crippen molar-refractivity contribution in [3.8, 4) is 0 Å². The second-order valence-corrected chi connectivity index (χ2v) is 7.82. The fraction of sp³-hybridized carbons (Fsp3) is 0.450. The van der Waals surface area contributed by atoms with Gasteiger partial charge >= 0.3 is 6.03 Å². The van der Waals surface area contributed by atoms with E-state index in [0.29, 0.717) is 0 Å². The third-order valence-electron chi connectivity index (χ3n) is 6.12. The third kappa shape index (κ3) is 2.59. The number of urea groups is 1. The molecule has 1 aromatic rings. The molecule has 0 aromatic heterocycles. The maximum Gasteiger partial charge on any atom is 0.325 e. The van der Waals surface area contributed by atoms with Crippen LogP contribution in [0.4, 0.5) is 4.79 Å². The Labute approximate surface area is 164 Å². The van der Waals surface area contributed by atoms with Crippen molar-refractivity contribution in [1.29, 1.82) is 0 Å². The van der Waals surface area contributed by atoms with E-state index < -0.39 is 18.2 Å². The highest BCUT2D eigenvalue weighted by molar-refractivity contribution is 6.04. The van der Waals surface area contributed by atoms with Gasteiger partial charge in [0, 0.05) is 45.1 Å². The summed E-state index contributed by atoms with van der Waals surface area (Å²) in [6, 6.07) is 7.76. The summed E-state index contributed by atoms with van der Waals surface area (Å²) in [5.74, 6) is 0.479. The van der Waals surface area contributed by atoms with Crippen LogP contribution in [0.2, 0.25) is 0 Å². The Balaban J connectivity index is 1.30. The monoisotopic (exact) mass is 380 g/mol. The zero-order valence-electron chi connectivity index (χ0n) is 16.1. The van der Waals surface area contributed by atoms with Gasteiger partial charge in [0.2, 0.25) is 5.96 Å². The molecule has 3 amide bonds. The summed E-state index contributed by atoms with van der Waals surface area (Å²) in [6.07, 6.45) is 2.58. The minimum atomic E-state index is -0.487. The number of benzene rings is 1. The number of hydrogen-bond donors (Lipinski definition) is 1. The van der Waals surface area contributed by atoms with E-state index in [9.17, 15) is 9.59 Å². The Hall–Kier alpha value is -2.87. The van der Waals surface area contributed by atoms with Crippen LogP contribution in [0.25, 0.3) is 0 Å². The predicted octanol–water partition coefficient (Wildman–Crippen LogP) is 0.770. The lowest BCUT2D eigenvalue weighted by molar-refractivity contribution is -0.126. The van der Waals surface area contributed by atoms with Crippen LogP contribution in [0, 0.1) is 0 Å². The van der Waals surface area contributed by atoms with Crippen molar-refractivity contribution in [3.63, 3.8) is 0 Å². The number of fused-ring (bicyclic) bond motifs is 4. The number of rotatable bonds is 3. The first-order valence-corrected chi connectivity index (χ1v) is 9.72. The van der Waals surface area contributed by atoms with Crippen LogP contribution in [0.5, 0.6) is 0 Å². The normalized spacial score (nSPS) is 26.6. The maximum atomic E-state index is 12.4. The Morgan fingerprint density at radius 3 is 2.79 bits per heavy atom. The van der Waals surface area contributed by atoms with Gasteiger partial charge in [-0.15, -0.1) is 0 Å². The van der Waals surface area contributed by atoms with E-state index in [2.05, 4.69) is 39.4 Å². The maximum absolute atomic E-state index is 12.4. The number of carbonyl (C=O) groups excluding carboxylic acids is 2. The van der Waals surface area contributed by atoms with Crippen molar-refractivity contribution in [2.24, 2.45) is 4.99 Å². The fourth-order valence-electron chi connectivity index (χ4n) is 4.51. The number of amides is 3. The summed E-state index contributed by atoms with van der Waals surface area (Å²) in [5.41, 5.74) is 3.93. The van der Waals surface area contributed by atoms with Gasteiger partial charge in [-0.1, -0.05) is 24.3 Å². The summed E-state index contributed by atoms with van der Waals surface area (Å²) in [7, 11) is 1.68. The largest absolute Gasteiger partial charge is 0.325 e. The van der Waals surface area contributed by atoms with E-state index in [4.69, 9.17) is 4.99 Å². The summed E-state index contributed by atoms with van der Waals surface area (Å²) < 4.78 is 0. The van der Waals surface area contributed by atoms with Crippen LogP contribution in [0.1, 0.15) is 18.1 Å². The van der Waals surface area contributed by atoms with Gasteiger partial charge in [0.05, 0.1) is 0 Å². The molecule has 1 N–H and O–H groups in total. The molecular weight excluding hydrogens is 356 g/mol. The number of hydrogen-bond acceptors (Lipinski definition) is 6. The van der Waals surface area contributed by atoms with Gasteiger partial charge < -0.3 is 14.7 Å². The highest BCUT2D eigenvalue weighted by atomic mass is 16.2. The van der Waals surface area contributed by atoms with E-state index >= 15 is 0 Å². The van der Waals surface area contributed by atoms with Gasteiger partial charge in [0.1, 0.15) is 0 Å². The number of guanidine groups is 1. The number of allylic oxidation sites excluding steroid dienone is 1. The lowest BCUT2D eigenvalue weighted by Crippen LogP contribution is -2.62. The molecule has 28 heavy (non-hydrogen) atoms. The number of nitrogens with one attached hydrogen (secondary N) is 1. The van der Waals surface area contributed by atoms with Gasteiger partial charge in [0.15, 0.2) is 12.2 Å². The van der Waals surface area contributed by atoms with Crippen LogP contribution < -0.4 is 5.32 Å². The second-order valence-electron chi connectivity index (χ2n) is 7.82. The standard InChI is InChI=1S/C20H24N6O2/c1-13-11-26-16-17(23(2)20(28)22-18(16)27)21-19(26)25(13)10-9-24-8-7-14-5-3-4-6-15(14)12-24/h3-6,11,16-17H,7-10,12H2,1-2H3,(H,22,27,28). The van der Waals surface area contributed by atoms with Crippen molar-refractivity contribution in [3.05, 3.63) is 47.3 Å². The molecule has 146 valence electrons. The third-order valence-corrected chi connectivity index (χ3v) is 6.12. The minimum absolute atomic E-state index is 0.287. The predicted molar refractivity (Wildman–Crippen MR) is 104 cm³/mol. The molecule has 0 radical (unpaired) electrons. The van der Waals surface area contributed by atoms with Crippen LogP contribution in [0.3, 0.4) is 0 Å². The molecule has 5 rings (SSSR count). The fourth-order valence-corrected chi connectivity index (χ4v) is 4.51. The van der Waals surface area contributed by atoms with Crippen molar-refractivity contribution >= 4 is 17.9 Å². The zero-order chi connectivity index (χ0) is 19.4. The zero-order valence-corrected chi connectivity index (χ0v) is 16.1. The molecule has 2 unspecified atom stereocenters. The van der Waals surface area contributed by atoms with Crippen molar-refractivity contribution in [2.75, 3.05) is 26.7 Å². The second kappa shape index (κ2) is 6.34. The molecule has 0 saturated carbocycles. The molecule has 4 heterocycles. The van der Waals surface area contributed by atoms with Gasteiger partial charge in [-0.05, 0) is 24.5 Å². The average Bonchev–Trinajstić information content (AvgIpc) is 3.19. The number of likely N-dealkylation sites (N-methyl/N-ethyl adjacent to an activating group) is 1. The van der Waals surface area contributed by atoms with Gasteiger partial charge in [-0.2, -0.15) is 0 Å². The number of aliphatic imine (C=N–C) groups is 1. The summed E-state index contributed by atoms with van der Waals surface area (Å²) in [5, 5.41) is 2.41.